The number of thioether (sulfide) groups is 1. The minimum Gasteiger partial charge on any atom is -0.409 e. The van der Waals surface area contributed by atoms with E-state index in [1.165, 1.54) is 0 Å². The Balaban J connectivity index is 2.66. The number of nitrogens with one attached hydrogen (secondary N) is 1. The Labute approximate surface area is 119 Å². The van der Waals surface area contributed by atoms with E-state index in [9.17, 15) is 4.79 Å². The predicted octanol–water partition coefficient (Wildman–Crippen LogP) is 1.80. The molecule has 0 bridgehead atoms. The molecule has 0 aromatic heterocycles. The van der Waals surface area contributed by atoms with Gasteiger partial charge in [-0.2, -0.15) is 11.8 Å². The fraction of sp³-hybridized carbons (Fsp3) is 0.846. The van der Waals surface area contributed by atoms with E-state index in [0.717, 1.165) is 25.0 Å². The number of oxime groups is 1. The van der Waals surface area contributed by atoms with Crippen molar-refractivity contribution in [2.24, 2.45) is 22.7 Å². The van der Waals surface area contributed by atoms with Crippen LogP contribution < -0.4 is 11.1 Å². The summed E-state index contributed by atoms with van der Waals surface area (Å²) in [6.45, 7) is 5.93. The number of rotatable bonds is 6. The van der Waals surface area contributed by atoms with Crippen LogP contribution in [0.25, 0.3) is 0 Å². The first-order valence-corrected chi connectivity index (χ1v) is 7.95. The third-order valence-corrected chi connectivity index (χ3v) is 4.87. The van der Waals surface area contributed by atoms with Gasteiger partial charge in [-0.25, -0.2) is 0 Å². The Kier molecular flexibility index (Phi) is 6.48. The lowest BCUT2D eigenvalue weighted by Gasteiger charge is -2.24. The SMILES string of the molecule is CCSC1CCCC1NC(=O)C(C(N)=NO)C(C)C. The average molecular weight is 287 g/mol. The van der Waals surface area contributed by atoms with Gasteiger partial charge < -0.3 is 16.3 Å². The van der Waals surface area contributed by atoms with Gasteiger partial charge in [0.15, 0.2) is 5.84 Å². The second-order valence-corrected chi connectivity index (χ2v) is 6.80. The van der Waals surface area contributed by atoms with Crippen molar-refractivity contribution in [2.45, 2.75) is 51.3 Å². The lowest BCUT2D eigenvalue weighted by molar-refractivity contribution is -0.124. The summed E-state index contributed by atoms with van der Waals surface area (Å²) in [4.78, 5) is 12.3. The molecule has 1 rings (SSSR count). The lowest BCUT2D eigenvalue weighted by atomic mass is 9.93. The minimum absolute atomic E-state index is 0.00887. The summed E-state index contributed by atoms with van der Waals surface area (Å²) in [6.07, 6.45) is 3.32. The summed E-state index contributed by atoms with van der Waals surface area (Å²) in [6, 6.07) is 0.213. The Morgan fingerprint density at radius 1 is 1.53 bits per heavy atom. The highest BCUT2D eigenvalue weighted by atomic mass is 32.2. The molecule has 0 heterocycles. The molecule has 110 valence electrons. The molecule has 0 aromatic carbocycles. The zero-order valence-corrected chi connectivity index (χ0v) is 12.7. The second-order valence-electron chi connectivity index (χ2n) is 5.29. The number of amides is 1. The Hall–Kier alpha value is -0.910. The third-order valence-electron chi connectivity index (χ3n) is 3.54. The van der Waals surface area contributed by atoms with E-state index in [-0.39, 0.29) is 23.7 Å². The molecule has 0 aromatic rings. The first-order chi connectivity index (χ1) is 9.01. The molecule has 3 unspecified atom stereocenters. The van der Waals surface area contributed by atoms with Gasteiger partial charge in [0, 0.05) is 11.3 Å². The molecular formula is C13H25N3O2S. The largest absolute Gasteiger partial charge is 0.409 e. The highest BCUT2D eigenvalue weighted by Crippen LogP contribution is 2.30. The van der Waals surface area contributed by atoms with E-state index in [0.29, 0.717) is 5.25 Å². The molecule has 6 heteroatoms. The summed E-state index contributed by atoms with van der Waals surface area (Å²) in [5.41, 5.74) is 5.62. The molecule has 0 spiro atoms. The maximum atomic E-state index is 12.3. The van der Waals surface area contributed by atoms with Gasteiger partial charge in [-0.3, -0.25) is 4.79 Å². The smallest absolute Gasteiger partial charge is 0.231 e. The number of amidine groups is 1. The van der Waals surface area contributed by atoms with Crippen molar-refractivity contribution < 1.29 is 10.0 Å². The van der Waals surface area contributed by atoms with Crippen LogP contribution in [0.1, 0.15) is 40.0 Å². The van der Waals surface area contributed by atoms with E-state index in [4.69, 9.17) is 10.9 Å². The van der Waals surface area contributed by atoms with Crippen LogP contribution in [0.4, 0.5) is 0 Å². The standard InChI is InChI=1S/C13H25N3O2S/c1-4-19-10-7-5-6-9(10)15-13(17)11(8(2)3)12(14)16-18/h8-11,18H,4-7H2,1-3H3,(H2,14,16)(H,15,17). The molecular weight excluding hydrogens is 262 g/mol. The molecule has 4 N–H and O–H groups in total. The third kappa shape index (κ3) is 4.30. The number of carbonyl (C=O) groups excluding carboxylic acids is 1. The summed E-state index contributed by atoms with van der Waals surface area (Å²) in [5.74, 6) is 0.377. The van der Waals surface area contributed by atoms with E-state index >= 15 is 0 Å². The maximum absolute atomic E-state index is 12.3. The molecule has 5 nitrogen and oxygen atoms in total. The van der Waals surface area contributed by atoms with Gasteiger partial charge in [-0.05, 0) is 24.5 Å². The fourth-order valence-electron chi connectivity index (χ4n) is 2.62. The molecule has 1 amide bonds. The zero-order valence-electron chi connectivity index (χ0n) is 11.9. The van der Waals surface area contributed by atoms with Crippen LogP contribution in [0.15, 0.2) is 5.16 Å². The Morgan fingerprint density at radius 3 is 2.74 bits per heavy atom. The Bertz CT molecular complexity index is 334. The number of carbonyl (C=O) groups is 1. The van der Waals surface area contributed by atoms with Gasteiger partial charge in [0.25, 0.3) is 0 Å². The van der Waals surface area contributed by atoms with Crippen LogP contribution in [0.5, 0.6) is 0 Å². The van der Waals surface area contributed by atoms with Crippen molar-refractivity contribution in [2.75, 3.05) is 5.75 Å². The summed E-state index contributed by atoms with van der Waals surface area (Å²) < 4.78 is 0. The van der Waals surface area contributed by atoms with Gasteiger partial charge in [0.1, 0.15) is 5.92 Å². The molecule has 1 aliphatic rings. The number of hydrogen-bond acceptors (Lipinski definition) is 4. The van der Waals surface area contributed by atoms with E-state index in [2.05, 4.69) is 17.4 Å². The van der Waals surface area contributed by atoms with E-state index in [1.807, 2.05) is 25.6 Å². The molecule has 19 heavy (non-hydrogen) atoms. The maximum Gasteiger partial charge on any atom is 0.231 e. The first-order valence-electron chi connectivity index (χ1n) is 6.90. The van der Waals surface area contributed by atoms with Gasteiger partial charge in [0.05, 0.1) is 0 Å². The van der Waals surface area contributed by atoms with Crippen LogP contribution in [0.2, 0.25) is 0 Å². The first kappa shape index (κ1) is 16.1. The summed E-state index contributed by atoms with van der Waals surface area (Å²) >= 11 is 1.90. The average Bonchev–Trinajstić information content (AvgIpc) is 2.76. The molecule has 1 saturated carbocycles. The molecule has 0 saturated heterocycles. The van der Waals surface area contributed by atoms with Gasteiger partial charge in [0.2, 0.25) is 5.91 Å². The molecule has 0 radical (unpaired) electrons. The van der Waals surface area contributed by atoms with Crippen molar-refractivity contribution in [3.8, 4) is 0 Å². The molecule has 3 atom stereocenters. The highest BCUT2D eigenvalue weighted by Gasteiger charge is 2.33. The highest BCUT2D eigenvalue weighted by molar-refractivity contribution is 7.99. The molecule has 1 aliphatic carbocycles. The normalized spacial score (nSPS) is 25.6. The predicted molar refractivity (Wildman–Crippen MR) is 79.4 cm³/mol. The number of nitrogens with zero attached hydrogens (tertiary/aromatic N) is 1. The van der Waals surface area contributed by atoms with Crippen LogP contribution in [0.3, 0.4) is 0 Å². The summed E-state index contributed by atoms with van der Waals surface area (Å²) in [7, 11) is 0. The quantitative estimate of drug-likeness (QED) is 0.301. The zero-order chi connectivity index (χ0) is 14.4. The fourth-order valence-corrected chi connectivity index (χ4v) is 3.82. The summed E-state index contributed by atoms with van der Waals surface area (Å²) in [5, 5.41) is 15.3. The monoisotopic (exact) mass is 287 g/mol. The van der Waals surface area contributed by atoms with E-state index in [1.54, 1.807) is 0 Å². The number of hydrogen-bond donors (Lipinski definition) is 3. The van der Waals surface area contributed by atoms with Crippen LogP contribution in [-0.2, 0) is 4.79 Å². The van der Waals surface area contributed by atoms with Crippen molar-refractivity contribution >= 4 is 23.5 Å². The molecule has 1 fully saturated rings. The van der Waals surface area contributed by atoms with Crippen molar-refractivity contribution in [3.63, 3.8) is 0 Å². The van der Waals surface area contributed by atoms with Crippen LogP contribution in [0, 0.1) is 11.8 Å². The van der Waals surface area contributed by atoms with Gasteiger partial charge >= 0.3 is 0 Å². The lowest BCUT2D eigenvalue weighted by Crippen LogP contribution is -2.47. The second kappa shape index (κ2) is 7.62. The number of nitrogens with two attached hydrogens (primary N) is 1. The van der Waals surface area contributed by atoms with Crippen molar-refractivity contribution in [1.82, 2.24) is 5.32 Å². The van der Waals surface area contributed by atoms with E-state index < -0.39 is 5.92 Å². The molecule has 0 aliphatic heterocycles. The van der Waals surface area contributed by atoms with Crippen LogP contribution in [-0.4, -0.2) is 34.0 Å². The minimum atomic E-state index is -0.558. The van der Waals surface area contributed by atoms with Gasteiger partial charge in [-0.1, -0.05) is 32.3 Å². The topological polar surface area (TPSA) is 87.7 Å². The van der Waals surface area contributed by atoms with Crippen LogP contribution >= 0.6 is 11.8 Å². The Morgan fingerprint density at radius 2 is 2.21 bits per heavy atom. The van der Waals surface area contributed by atoms with Gasteiger partial charge in [-0.15, -0.1) is 0 Å². The van der Waals surface area contributed by atoms with Crippen molar-refractivity contribution in [3.05, 3.63) is 0 Å². The van der Waals surface area contributed by atoms with Crippen molar-refractivity contribution in [1.29, 1.82) is 0 Å².